The van der Waals surface area contributed by atoms with Gasteiger partial charge in [-0.3, -0.25) is 9.59 Å². The van der Waals surface area contributed by atoms with Crippen molar-refractivity contribution in [2.24, 2.45) is 5.14 Å². The van der Waals surface area contributed by atoms with Crippen molar-refractivity contribution in [3.63, 3.8) is 0 Å². The third-order valence-corrected chi connectivity index (χ3v) is 4.12. The molecule has 0 saturated carbocycles. The molecule has 24 heavy (non-hydrogen) atoms. The molecule has 126 valence electrons. The Morgan fingerprint density at radius 1 is 0.917 bits per heavy atom. The molecule has 0 radical (unpaired) electrons. The van der Waals surface area contributed by atoms with Crippen LogP contribution in [0.1, 0.15) is 23.7 Å². The molecule has 0 bridgehead atoms. The zero-order valence-corrected chi connectivity index (χ0v) is 13.8. The minimum absolute atomic E-state index is 0.0310. The number of primary sulfonamides is 1. The molecule has 0 aliphatic rings. The highest BCUT2D eigenvalue weighted by molar-refractivity contribution is 7.89. The number of carbonyl (C=O) groups is 2. The SMILES string of the molecule is CCC(=O)Nc1ccc(C(=O)Nc2ccc(S(N)(=O)=O)cc2)cc1. The Labute approximate surface area is 139 Å². The Morgan fingerprint density at radius 2 is 1.42 bits per heavy atom. The summed E-state index contributed by atoms with van der Waals surface area (Å²) in [5.74, 6) is -0.464. The lowest BCUT2D eigenvalue weighted by Crippen LogP contribution is -2.14. The minimum Gasteiger partial charge on any atom is -0.326 e. The van der Waals surface area contributed by atoms with Crippen LogP contribution < -0.4 is 15.8 Å². The van der Waals surface area contributed by atoms with Gasteiger partial charge in [-0.15, -0.1) is 0 Å². The number of rotatable bonds is 5. The van der Waals surface area contributed by atoms with Gasteiger partial charge in [0.2, 0.25) is 15.9 Å². The topological polar surface area (TPSA) is 118 Å². The van der Waals surface area contributed by atoms with Crippen LogP contribution in [0.2, 0.25) is 0 Å². The van der Waals surface area contributed by atoms with E-state index < -0.39 is 10.0 Å². The summed E-state index contributed by atoms with van der Waals surface area (Å²) in [6.45, 7) is 1.75. The lowest BCUT2D eigenvalue weighted by Gasteiger charge is -2.07. The number of hydrogen-bond acceptors (Lipinski definition) is 4. The molecule has 0 aliphatic heterocycles. The van der Waals surface area contributed by atoms with E-state index >= 15 is 0 Å². The summed E-state index contributed by atoms with van der Waals surface area (Å²) < 4.78 is 22.4. The van der Waals surface area contributed by atoms with Crippen LogP contribution >= 0.6 is 0 Å². The van der Waals surface area contributed by atoms with E-state index in [0.717, 1.165) is 0 Å². The molecule has 0 unspecified atom stereocenters. The Balaban J connectivity index is 2.05. The molecule has 2 aromatic rings. The molecule has 0 aromatic heterocycles. The fourth-order valence-corrected chi connectivity index (χ4v) is 2.40. The largest absolute Gasteiger partial charge is 0.326 e. The number of benzene rings is 2. The van der Waals surface area contributed by atoms with Gasteiger partial charge in [-0.25, -0.2) is 13.6 Å². The van der Waals surface area contributed by atoms with Crippen LogP contribution in [0.25, 0.3) is 0 Å². The Kier molecular flexibility index (Phi) is 5.32. The quantitative estimate of drug-likeness (QED) is 0.766. The molecule has 0 spiro atoms. The fourth-order valence-electron chi connectivity index (χ4n) is 1.89. The first kappa shape index (κ1) is 17.6. The number of amides is 2. The molecule has 8 heteroatoms. The number of sulfonamides is 1. The highest BCUT2D eigenvalue weighted by Gasteiger charge is 2.09. The number of nitrogens with one attached hydrogen (secondary N) is 2. The van der Waals surface area contributed by atoms with Crippen molar-refractivity contribution in [3.05, 3.63) is 54.1 Å². The van der Waals surface area contributed by atoms with Gasteiger partial charge in [-0.05, 0) is 48.5 Å². The first-order valence-corrected chi connectivity index (χ1v) is 8.68. The van der Waals surface area contributed by atoms with Gasteiger partial charge in [-0.2, -0.15) is 0 Å². The molecule has 0 fully saturated rings. The van der Waals surface area contributed by atoms with Gasteiger partial charge in [0.15, 0.2) is 0 Å². The van der Waals surface area contributed by atoms with Crippen molar-refractivity contribution >= 4 is 33.2 Å². The van der Waals surface area contributed by atoms with Gasteiger partial charge in [0.1, 0.15) is 0 Å². The first-order valence-electron chi connectivity index (χ1n) is 7.13. The van der Waals surface area contributed by atoms with E-state index in [4.69, 9.17) is 5.14 Å². The van der Waals surface area contributed by atoms with Crippen LogP contribution in [0.4, 0.5) is 11.4 Å². The van der Waals surface area contributed by atoms with Crippen molar-refractivity contribution in [2.45, 2.75) is 18.2 Å². The van der Waals surface area contributed by atoms with Gasteiger partial charge in [0.25, 0.3) is 5.91 Å². The van der Waals surface area contributed by atoms with Gasteiger partial charge in [-0.1, -0.05) is 6.92 Å². The fraction of sp³-hybridized carbons (Fsp3) is 0.125. The predicted octanol–water partition coefficient (Wildman–Crippen LogP) is 1.93. The van der Waals surface area contributed by atoms with E-state index in [1.54, 1.807) is 31.2 Å². The van der Waals surface area contributed by atoms with Gasteiger partial charge < -0.3 is 10.6 Å². The van der Waals surface area contributed by atoms with Crippen LogP contribution in [0, 0.1) is 0 Å². The number of carbonyl (C=O) groups excluding carboxylic acids is 2. The lowest BCUT2D eigenvalue weighted by molar-refractivity contribution is -0.115. The van der Waals surface area contributed by atoms with Crippen molar-refractivity contribution in [3.8, 4) is 0 Å². The van der Waals surface area contributed by atoms with Crippen molar-refractivity contribution in [1.82, 2.24) is 0 Å². The monoisotopic (exact) mass is 347 g/mol. The predicted molar refractivity (Wildman–Crippen MR) is 91.1 cm³/mol. The second kappa shape index (κ2) is 7.24. The van der Waals surface area contributed by atoms with Gasteiger partial charge in [0, 0.05) is 23.4 Å². The highest BCUT2D eigenvalue weighted by atomic mass is 32.2. The average molecular weight is 347 g/mol. The summed E-state index contributed by atoms with van der Waals surface area (Å²) in [5, 5.41) is 10.3. The van der Waals surface area contributed by atoms with Crippen molar-refractivity contribution in [1.29, 1.82) is 0 Å². The third-order valence-electron chi connectivity index (χ3n) is 3.19. The van der Waals surface area contributed by atoms with Crippen LogP contribution in [0.15, 0.2) is 53.4 Å². The smallest absolute Gasteiger partial charge is 0.255 e. The van der Waals surface area contributed by atoms with E-state index in [1.165, 1.54) is 24.3 Å². The maximum absolute atomic E-state index is 12.1. The second-order valence-corrected chi connectivity index (χ2v) is 6.56. The van der Waals surface area contributed by atoms with Crippen LogP contribution in [-0.4, -0.2) is 20.2 Å². The Bertz CT molecular complexity index is 844. The van der Waals surface area contributed by atoms with Crippen LogP contribution in [0.3, 0.4) is 0 Å². The molecule has 2 rings (SSSR count). The van der Waals surface area contributed by atoms with E-state index in [-0.39, 0.29) is 16.7 Å². The number of anilines is 2. The molecule has 7 nitrogen and oxygen atoms in total. The third kappa shape index (κ3) is 4.64. The molecule has 0 aliphatic carbocycles. The van der Waals surface area contributed by atoms with E-state index in [9.17, 15) is 18.0 Å². The summed E-state index contributed by atoms with van der Waals surface area (Å²) in [4.78, 5) is 23.4. The first-order chi connectivity index (χ1) is 11.3. The molecule has 0 atom stereocenters. The number of nitrogens with two attached hydrogens (primary N) is 1. The molecular formula is C16H17N3O4S. The van der Waals surface area contributed by atoms with Crippen LogP contribution in [-0.2, 0) is 14.8 Å². The lowest BCUT2D eigenvalue weighted by atomic mass is 10.2. The summed E-state index contributed by atoms with van der Waals surface area (Å²) in [6, 6.07) is 12.0. The van der Waals surface area contributed by atoms with E-state index in [1.807, 2.05) is 0 Å². The molecule has 0 heterocycles. The maximum atomic E-state index is 12.1. The van der Waals surface area contributed by atoms with Crippen LogP contribution in [0.5, 0.6) is 0 Å². The summed E-state index contributed by atoms with van der Waals surface area (Å²) in [6.07, 6.45) is 0.372. The summed E-state index contributed by atoms with van der Waals surface area (Å²) in [7, 11) is -3.76. The standard InChI is InChI=1S/C16H17N3O4S/c1-2-15(20)18-12-5-3-11(4-6-12)16(21)19-13-7-9-14(10-8-13)24(17,22)23/h3-10H,2H2,1H3,(H,18,20)(H,19,21)(H2,17,22,23). The Hall–Kier alpha value is -2.71. The van der Waals surface area contributed by atoms with Crippen molar-refractivity contribution in [2.75, 3.05) is 10.6 Å². The van der Waals surface area contributed by atoms with Gasteiger partial charge >= 0.3 is 0 Å². The Morgan fingerprint density at radius 3 is 1.92 bits per heavy atom. The number of hydrogen-bond donors (Lipinski definition) is 3. The summed E-state index contributed by atoms with van der Waals surface area (Å²) >= 11 is 0. The minimum atomic E-state index is -3.76. The second-order valence-electron chi connectivity index (χ2n) is 5.00. The molecule has 4 N–H and O–H groups in total. The molecule has 0 saturated heterocycles. The molecule has 2 amide bonds. The zero-order chi connectivity index (χ0) is 17.7. The van der Waals surface area contributed by atoms with Gasteiger partial charge in [0.05, 0.1) is 4.90 Å². The molecule has 2 aromatic carbocycles. The van der Waals surface area contributed by atoms with E-state index in [2.05, 4.69) is 10.6 Å². The normalized spacial score (nSPS) is 10.9. The zero-order valence-electron chi connectivity index (χ0n) is 12.9. The maximum Gasteiger partial charge on any atom is 0.255 e. The average Bonchev–Trinajstić information content (AvgIpc) is 2.55. The highest BCUT2D eigenvalue weighted by Crippen LogP contribution is 2.15. The van der Waals surface area contributed by atoms with E-state index in [0.29, 0.717) is 23.4 Å². The van der Waals surface area contributed by atoms with Crippen molar-refractivity contribution < 1.29 is 18.0 Å². The molecular weight excluding hydrogens is 330 g/mol. The summed E-state index contributed by atoms with van der Waals surface area (Å²) in [5.41, 5.74) is 1.45.